The molecule has 0 amide bonds. The van der Waals surface area contributed by atoms with Gasteiger partial charge in [-0.2, -0.15) is 0 Å². The van der Waals surface area contributed by atoms with E-state index in [1.54, 1.807) is 25.3 Å². The van der Waals surface area contributed by atoms with Gasteiger partial charge in [-0.1, -0.05) is 0 Å². The Morgan fingerprint density at radius 2 is 2.29 bits per heavy atom. The standard InChI is InChI=1S/C11H12O3/c1-7-5-10(12)9-4-3-8(13-2)6-11(9)14-7/h3-4,6-7H,5H2,1-2H3/t7-/m1/s1. The molecule has 1 aliphatic heterocycles. The monoisotopic (exact) mass is 192 g/mol. The lowest BCUT2D eigenvalue weighted by Crippen LogP contribution is -2.23. The van der Waals surface area contributed by atoms with E-state index in [-0.39, 0.29) is 11.9 Å². The normalized spacial score (nSPS) is 19.9. The first kappa shape index (κ1) is 9.06. The number of hydrogen-bond donors (Lipinski definition) is 0. The van der Waals surface area contributed by atoms with Crippen molar-refractivity contribution in [1.82, 2.24) is 0 Å². The summed E-state index contributed by atoms with van der Waals surface area (Å²) in [7, 11) is 1.59. The first-order valence-corrected chi connectivity index (χ1v) is 4.58. The number of benzene rings is 1. The Kier molecular flexibility index (Phi) is 2.15. The summed E-state index contributed by atoms with van der Waals surface area (Å²) in [6.07, 6.45) is 0.418. The molecule has 1 atom stereocenters. The fraction of sp³-hybridized carbons (Fsp3) is 0.364. The number of ketones is 1. The minimum Gasteiger partial charge on any atom is -0.497 e. The van der Waals surface area contributed by atoms with E-state index in [2.05, 4.69) is 0 Å². The van der Waals surface area contributed by atoms with Gasteiger partial charge in [-0.05, 0) is 19.1 Å². The molecule has 0 aromatic heterocycles. The molecule has 1 aromatic rings. The summed E-state index contributed by atoms with van der Waals surface area (Å²) in [6, 6.07) is 5.28. The highest BCUT2D eigenvalue weighted by Crippen LogP contribution is 2.30. The predicted octanol–water partition coefficient (Wildman–Crippen LogP) is 2.05. The third-order valence-electron chi connectivity index (χ3n) is 2.29. The molecule has 0 aliphatic carbocycles. The molecular formula is C11H12O3. The molecule has 1 aliphatic rings. The van der Waals surface area contributed by atoms with Crippen LogP contribution in [-0.4, -0.2) is 19.0 Å². The zero-order valence-corrected chi connectivity index (χ0v) is 8.24. The van der Waals surface area contributed by atoms with Crippen LogP contribution in [0.15, 0.2) is 18.2 Å². The van der Waals surface area contributed by atoms with Crippen LogP contribution in [0.5, 0.6) is 11.5 Å². The van der Waals surface area contributed by atoms with Gasteiger partial charge < -0.3 is 9.47 Å². The molecule has 1 aromatic carbocycles. The summed E-state index contributed by atoms with van der Waals surface area (Å²) in [5, 5.41) is 0. The Morgan fingerprint density at radius 3 is 3.00 bits per heavy atom. The summed E-state index contributed by atoms with van der Waals surface area (Å²) >= 11 is 0. The molecule has 0 N–H and O–H groups in total. The largest absolute Gasteiger partial charge is 0.497 e. The minimum atomic E-state index is -0.0397. The van der Waals surface area contributed by atoms with Crippen molar-refractivity contribution in [3.05, 3.63) is 23.8 Å². The molecule has 0 fully saturated rings. The van der Waals surface area contributed by atoms with Crippen molar-refractivity contribution < 1.29 is 14.3 Å². The quantitative estimate of drug-likeness (QED) is 0.683. The average Bonchev–Trinajstić information content (AvgIpc) is 2.16. The van der Waals surface area contributed by atoms with Gasteiger partial charge in [-0.15, -0.1) is 0 Å². The molecule has 0 unspecified atom stereocenters. The lowest BCUT2D eigenvalue weighted by Gasteiger charge is -2.22. The first-order chi connectivity index (χ1) is 6.70. The van der Waals surface area contributed by atoms with Crippen molar-refractivity contribution in [2.45, 2.75) is 19.4 Å². The number of hydrogen-bond acceptors (Lipinski definition) is 3. The smallest absolute Gasteiger partial charge is 0.170 e. The number of ether oxygens (including phenoxy) is 2. The van der Waals surface area contributed by atoms with Crippen molar-refractivity contribution >= 4 is 5.78 Å². The van der Waals surface area contributed by atoms with Crippen molar-refractivity contribution in [3.63, 3.8) is 0 Å². The van der Waals surface area contributed by atoms with Crippen LogP contribution in [-0.2, 0) is 0 Å². The Labute approximate surface area is 82.6 Å². The van der Waals surface area contributed by atoms with Crippen LogP contribution >= 0.6 is 0 Å². The molecule has 14 heavy (non-hydrogen) atoms. The van der Waals surface area contributed by atoms with Crippen LogP contribution in [0.4, 0.5) is 0 Å². The van der Waals surface area contributed by atoms with Crippen LogP contribution in [0.3, 0.4) is 0 Å². The molecular weight excluding hydrogens is 180 g/mol. The van der Waals surface area contributed by atoms with Gasteiger partial charge in [0.15, 0.2) is 5.78 Å². The summed E-state index contributed by atoms with van der Waals surface area (Å²) in [4.78, 5) is 11.6. The van der Waals surface area contributed by atoms with E-state index in [4.69, 9.17) is 9.47 Å². The Morgan fingerprint density at radius 1 is 1.50 bits per heavy atom. The number of methoxy groups -OCH3 is 1. The summed E-state index contributed by atoms with van der Waals surface area (Å²) in [6.45, 7) is 1.89. The molecule has 3 heteroatoms. The summed E-state index contributed by atoms with van der Waals surface area (Å²) in [5.41, 5.74) is 0.656. The van der Waals surface area contributed by atoms with Crippen molar-refractivity contribution in [2.75, 3.05) is 7.11 Å². The number of Topliss-reactive ketones (excluding diaryl/α,β-unsaturated/α-hetero) is 1. The van der Waals surface area contributed by atoms with E-state index >= 15 is 0 Å². The van der Waals surface area contributed by atoms with Gasteiger partial charge in [-0.25, -0.2) is 0 Å². The number of carbonyl (C=O) groups is 1. The van der Waals surface area contributed by atoms with Crippen LogP contribution in [0.2, 0.25) is 0 Å². The van der Waals surface area contributed by atoms with Crippen molar-refractivity contribution in [2.24, 2.45) is 0 Å². The minimum absolute atomic E-state index is 0.0397. The zero-order chi connectivity index (χ0) is 10.1. The van der Waals surface area contributed by atoms with E-state index in [0.29, 0.717) is 23.5 Å². The van der Waals surface area contributed by atoms with Gasteiger partial charge >= 0.3 is 0 Å². The molecule has 0 bridgehead atoms. The molecule has 74 valence electrons. The van der Waals surface area contributed by atoms with E-state index in [1.165, 1.54) is 0 Å². The van der Waals surface area contributed by atoms with E-state index in [9.17, 15) is 4.79 Å². The second-order valence-corrected chi connectivity index (χ2v) is 3.42. The first-order valence-electron chi connectivity index (χ1n) is 4.58. The van der Waals surface area contributed by atoms with Gasteiger partial charge in [0.25, 0.3) is 0 Å². The van der Waals surface area contributed by atoms with Crippen LogP contribution in [0.1, 0.15) is 23.7 Å². The molecule has 1 heterocycles. The third kappa shape index (κ3) is 1.45. The Balaban J connectivity index is 2.44. The van der Waals surface area contributed by atoms with Crippen molar-refractivity contribution in [1.29, 1.82) is 0 Å². The van der Waals surface area contributed by atoms with Crippen LogP contribution in [0.25, 0.3) is 0 Å². The molecule has 3 nitrogen and oxygen atoms in total. The van der Waals surface area contributed by atoms with Gasteiger partial charge in [0, 0.05) is 12.5 Å². The number of rotatable bonds is 1. The number of carbonyl (C=O) groups excluding carboxylic acids is 1. The summed E-state index contributed by atoms with van der Waals surface area (Å²) < 4.78 is 10.6. The molecule has 0 radical (unpaired) electrons. The van der Waals surface area contributed by atoms with Crippen LogP contribution < -0.4 is 9.47 Å². The molecule has 0 spiro atoms. The van der Waals surface area contributed by atoms with Crippen molar-refractivity contribution in [3.8, 4) is 11.5 Å². The van der Waals surface area contributed by atoms with E-state index in [1.807, 2.05) is 6.92 Å². The van der Waals surface area contributed by atoms with Crippen LogP contribution in [0, 0.1) is 0 Å². The maximum absolute atomic E-state index is 11.6. The van der Waals surface area contributed by atoms with Gasteiger partial charge in [-0.3, -0.25) is 4.79 Å². The fourth-order valence-corrected chi connectivity index (χ4v) is 1.59. The topological polar surface area (TPSA) is 35.5 Å². The number of fused-ring (bicyclic) bond motifs is 1. The average molecular weight is 192 g/mol. The highest BCUT2D eigenvalue weighted by atomic mass is 16.5. The molecule has 0 saturated heterocycles. The second-order valence-electron chi connectivity index (χ2n) is 3.42. The fourth-order valence-electron chi connectivity index (χ4n) is 1.59. The lowest BCUT2D eigenvalue weighted by atomic mass is 10.0. The second kappa shape index (κ2) is 3.33. The maximum atomic E-state index is 11.6. The highest BCUT2D eigenvalue weighted by Gasteiger charge is 2.23. The van der Waals surface area contributed by atoms with Gasteiger partial charge in [0.05, 0.1) is 12.7 Å². The van der Waals surface area contributed by atoms with Gasteiger partial charge in [0.2, 0.25) is 0 Å². The summed E-state index contributed by atoms with van der Waals surface area (Å²) in [5.74, 6) is 1.49. The Hall–Kier alpha value is -1.51. The molecule has 2 rings (SSSR count). The maximum Gasteiger partial charge on any atom is 0.170 e. The lowest BCUT2D eigenvalue weighted by molar-refractivity contribution is 0.0870. The van der Waals surface area contributed by atoms with E-state index in [0.717, 1.165) is 0 Å². The third-order valence-corrected chi connectivity index (χ3v) is 2.29. The SMILES string of the molecule is COc1ccc2c(c1)O[C@H](C)CC2=O. The molecule has 0 saturated carbocycles. The van der Waals surface area contributed by atoms with Gasteiger partial charge in [0.1, 0.15) is 17.6 Å². The van der Waals surface area contributed by atoms with E-state index < -0.39 is 0 Å². The zero-order valence-electron chi connectivity index (χ0n) is 8.24. The predicted molar refractivity (Wildman–Crippen MR) is 52.0 cm³/mol. The highest BCUT2D eigenvalue weighted by molar-refractivity contribution is 6.00. The Bertz CT molecular complexity index is 371.